The monoisotopic (exact) mass is 495 g/mol. The molecule has 4 nitrogen and oxygen atoms in total. The summed E-state index contributed by atoms with van der Waals surface area (Å²) in [5.74, 6) is 0.918. The number of likely N-dealkylation sites (N-methyl/N-ethyl adjacent to an activating group) is 1. The fraction of sp³-hybridized carbons (Fsp3) is 0.391. The van der Waals surface area contributed by atoms with Crippen LogP contribution in [0.5, 0.6) is 0 Å². The Bertz CT molecular complexity index is 948. The van der Waals surface area contributed by atoms with Gasteiger partial charge in [0.15, 0.2) is 5.13 Å². The minimum Gasteiger partial charge on any atom is -0.302 e. The van der Waals surface area contributed by atoms with Crippen molar-refractivity contribution in [2.24, 2.45) is 0 Å². The van der Waals surface area contributed by atoms with Gasteiger partial charge in [0.2, 0.25) is 5.91 Å². The molecule has 0 spiro atoms. The first-order chi connectivity index (χ1) is 14.6. The third-order valence-corrected chi connectivity index (χ3v) is 7.76. The van der Waals surface area contributed by atoms with Crippen LogP contribution < -0.4 is 4.90 Å². The molecule has 0 saturated carbocycles. The van der Waals surface area contributed by atoms with Crippen LogP contribution in [0.4, 0.5) is 5.13 Å². The maximum Gasteiger partial charge on any atom is 0.229 e. The number of thioether (sulfide) groups is 2. The lowest BCUT2D eigenvalue weighted by molar-refractivity contribution is -0.118. The summed E-state index contributed by atoms with van der Waals surface area (Å²) in [6.45, 7) is 7.82. The molecule has 0 aliphatic carbocycles. The van der Waals surface area contributed by atoms with Gasteiger partial charge in [-0.05, 0) is 49.7 Å². The maximum absolute atomic E-state index is 13.2. The Morgan fingerprint density at radius 1 is 1.03 bits per heavy atom. The normalized spacial score (nSPS) is 11.0. The number of carbonyl (C=O) groups is 1. The SMILES string of the molecule is CCN(CC)CCN(C(=O)CCSc1ccccc1)c1nc2ccc(SC)cc2s1.Cl. The molecule has 1 aromatic heterocycles. The number of nitrogens with zero attached hydrogens (tertiary/aromatic N) is 3. The van der Waals surface area contributed by atoms with E-state index in [0.29, 0.717) is 13.0 Å². The molecule has 1 amide bonds. The maximum atomic E-state index is 13.2. The summed E-state index contributed by atoms with van der Waals surface area (Å²) in [7, 11) is 0. The molecule has 0 radical (unpaired) electrons. The van der Waals surface area contributed by atoms with E-state index in [1.807, 2.05) is 23.1 Å². The Morgan fingerprint density at radius 2 is 1.77 bits per heavy atom. The highest BCUT2D eigenvalue weighted by Crippen LogP contribution is 2.32. The average molecular weight is 496 g/mol. The van der Waals surface area contributed by atoms with Crippen molar-refractivity contribution in [3.05, 3.63) is 48.5 Å². The zero-order chi connectivity index (χ0) is 21.3. The van der Waals surface area contributed by atoms with Crippen LogP contribution in [0.3, 0.4) is 0 Å². The summed E-state index contributed by atoms with van der Waals surface area (Å²) in [6.07, 6.45) is 2.58. The van der Waals surface area contributed by atoms with Crippen molar-refractivity contribution in [1.29, 1.82) is 0 Å². The molecular formula is C23H30ClN3OS3. The number of hydrogen-bond donors (Lipinski definition) is 0. The first-order valence-corrected chi connectivity index (χ1v) is 13.3. The van der Waals surface area contributed by atoms with Gasteiger partial charge in [0.05, 0.1) is 10.2 Å². The van der Waals surface area contributed by atoms with Gasteiger partial charge < -0.3 is 4.90 Å². The molecule has 3 aromatic rings. The van der Waals surface area contributed by atoms with E-state index in [1.165, 1.54) is 9.79 Å². The van der Waals surface area contributed by atoms with E-state index in [-0.39, 0.29) is 18.3 Å². The van der Waals surface area contributed by atoms with Crippen LogP contribution >= 0.6 is 47.3 Å². The third-order valence-electron chi connectivity index (χ3n) is 4.98. The van der Waals surface area contributed by atoms with E-state index in [1.54, 1.807) is 34.9 Å². The van der Waals surface area contributed by atoms with Crippen LogP contribution in [0, 0.1) is 0 Å². The second kappa shape index (κ2) is 13.3. The fourth-order valence-electron chi connectivity index (χ4n) is 3.15. The highest BCUT2D eigenvalue weighted by molar-refractivity contribution is 7.99. The van der Waals surface area contributed by atoms with Crippen molar-refractivity contribution in [2.45, 2.75) is 30.1 Å². The lowest BCUT2D eigenvalue weighted by Crippen LogP contribution is -2.39. The summed E-state index contributed by atoms with van der Waals surface area (Å²) >= 11 is 5.07. The third kappa shape index (κ3) is 7.39. The molecule has 0 unspecified atom stereocenters. The van der Waals surface area contributed by atoms with Crippen LogP contribution in [0.15, 0.2) is 58.3 Å². The topological polar surface area (TPSA) is 36.4 Å². The number of amides is 1. The highest BCUT2D eigenvalue weighted by Gasteiger charge is 2.20. The number of rotatable bonds is 11. The number of hydrogen-bond acceptors (Lipinski definition) is 6. The van der Waals surface area contributed by atoms with Gasteiger partial charge in [0.1, 0.15) is 0 Å². The predicted octanol–water partition coefficient (Wildman–Crippen LogP) is 6.30. The van der Waals surface area contributed by atoms with E-state index >= 15 is 0 Å². The summed E-state index contributed by atoms with van der Waals surface area (Å²) in [5, 5.41) is 0.810. The van der Waals surface area contributed by atoms with Gasteiger partial charge in [-0.15, -0.1) is 35.9 Å². The first-order valence-electron chi connectivity index (χ1n) is 10.3. The van der Waals surface area contributed by atoms with Crippen molar-refractivity contribution in [1.82, 2.24) is 9.88 Å². The molecule has 0 atom stereocenters. The lowest BCUT2D eigenvalue weighted by atomic mass is 10.3. The van der Waals surface area contributed by atoms with Crippen LogP contribution in [-0.4, -0.2) is 54.0 Å². The number of fused-ring (bicyclic) bond motifs is 1. The molecule has 0 bridgehead atoms. The van der Waals surface area contributed by atoms with Crippen molar-refractivity contribution in [3.8, 4) is 0 Å². The van der Waals surface area contributed by atoms with E-state index in [2.05, 4.69) is 55.3 Å². The summed E-state index contributed by atoms with van der Waals surface area (Å²) < 4.78 is 1.14. The number of anilines is 1. The number of carbonyl (C=O) groups excluding carboxylic acids is 1. The van der Waals surface area contributed by atoms with E-state index in [4.69, 9.17) is 4.98 Å². The zero-order valence-electron chi connectivity index (χ0n) is 18.2. The molecule has 2 aromatic carbocycles. The molecule has 0 saturated heterocycles. The van der Waals surface area contributed by atoms with Crippen LogP contribution in [0.1, 0.15) is 20.3 Å². The van der Waals surface area contributed by atoms with Crippen molar-refractivity contribution >= 4 is 68.5 Å². The summed E-state index contributed by atoms with van der Waals surface area (Å²) in [4.78, 5) is 24.6. The average Bonchev–Trinajstić information content (AvgIpc) is 3.20. The van der Waals surface area contributed by atoms with E-state index in [9.17, 15) is 4.79 Å². The Kier molecular flexibility index (Phi) is 11.2. The number of benzene rings is 2. The summed E-state index contributed by atoms with van der Waals surface area (Å²) in [6, 6.07) is 16.6. The van der Waals surface area contributed by atoms with Gasteiger partial charge in [-0.2, -0.15) is 0 Å². The lowest BCUT2D eigenvalue weighted by Gasteiger charge is -2.24. The molecule has 8 heteroatoms. The largest absolute Gasteiger partial charge is 0.302 e. The Labute approximate surface area is 204 Å². The Morgan fingerprint density at radius 3 is 2.45 bits per heavy atom. The van der Waals surface area contributed by atoms with Gasteiger partial charge in [0, 0.05) is 35.1 Å². The van der Waals surface area contributed by atoms with Crippen LogP contribution in [-0.2, 0) is 4.79 Å². The molecule has 31 heavy (non-hydrogen) atoms. The van der Waals surface area contributed by atoms with Gasteiger partial charge in [-0.1, -0.05) is 43.4 Å². The van der Waals surface area contributed by atoms with Gasteiger partial charge >= 0.3 is 0 Å². The Hall–Kier alpha value is -1.25. The van der Waals surface area contributed by atoms with Gasteiger partial charge in [-0.3, -0.25) is 9.69 Å². The van der Waals surface area contributed by atoms with Gasteiger partial charge in [0.25, 0.3) is 0 Å². The van der Waals surface area contributed by atoms with E-state index < -0.39 is 0 Å². The molecule has 3 rings (SSSR count). The van der Waals surface area contributed by atoms with Gasteiger partial charge in [-0.25, -0.2) is 4.98 Å². The standard InChI is InChI=1S/C23H29N3OS3.ClH/c1-4-25(5-2)14-15-26(22(27)13-16-29-18-9-7-6-8-10-18)23-24-20-12-11-19(28-3)17-21(20)30-23;/h6-12,17H,4-5,13-16H2,1-3H3;1H. The second-order valence-corrected chi connectivity index (χ2v) is 9.87. The van der Waals surface area contributed by atoms with E-state index in [0.717, 1.165) is 40.7 Å². The first kappa shape index (κ1) is 26.0. The predicted molar refractivity (Wildman–Crippen MR) is 141 cm³/mol. The minimum atomic E-state index is 0. The number of thiazole rings is 1. The van der Waals surface area contributed by atoms with Crippen molar-refractivity contribution in [3.63, 3.8) is 0 Å². The molecule has 0 N–H and O–H groups in total. The molecular weight excluding hydrogens is 466 g/mol. The van der Waals surface area contributed by atoms with Crippen molar-refractivity contribution in [2.75, 3.05) is 43.1 Å². The number of halogens is 1. The molecule has 0 aliphatic heterocycles. The smallest absolute Gasteiger partial charge is 0.229 e. The Balaban J connectivity index is 0.00000341. The molecule has 168 valence electrons. The second-order valence-electron chi connectivity index (χ2n) is 6.81. The number of aromatic nitrogens is 1. The minimum absolute atomic E-state index is 0. The van der Waals surface area contributed by atoms with Crippen LogP contribution in [0.2, 0.25) is 0 Å². The molecule has 1 heterocycles. The molecule has 0 aliphatic rings. The quantitative estimate of drug-likeness (QED) is 0.292. The highest BCUT2D eigenvalue weighted by atomic mass is 35.5. The zero-order valence-corrected chi connectivity index (χ0v) is 21.5. The van der Waals surface area contributed by atoms with Crippen LogP contribution in [0.25, 0.3) is 10.2 Å². The molecule has 0 fully saturated rings. The fourth-order valence-corrected chi connectivity index (χ4v) is 5.58. The van der Waals surface area contributed by atoms with Crippen molar-refractivity contribution < 1.29 is 4.79 Å². The summed E-state index contributed by atoms with van der Waals surface area (Å²) in [5.41, 5.74) is 0.965.